The van der Waals surface area contributed by atoms with E-state index in [0.717, 1.165) is 32.0 Å². The van der Waals surface area contributed by atoms with Crippen LogP contribution in [0.3, 0.4) is 0 Å². The molecule has 1 fully saturated rings. The fourth-order valence-corrected chi connectivity index (χ4v) is 2.84. The average Bonchev–Trinajstić information content (AvgIpc) is 2.98. The van der Waals surface area contributed by atoms with Gasteiger partial charge >= 0.3 is 0 Å². The lowest BCUT2D eigenvalue weighted by molar-refractivity contribution is 0.100. The molecular weight excluding hydrogens is 288 g/mol. The number of hydrogen-bond donors (Lipinski definition) is 2. The summed E-state index contributed by atoms with van der Waals surface area (Å²) in [6, 6.07) is 8.12. The van der Waals surface area contributed by atoms with Gasteiger partial charge in [0.15, 0.2) is 5.13 Å². The van der Waals surface area contributed by atoms with Crippen LogP contribution in [0.25, 0.3) is 0 Å². The molecule has 1 saturated heterocycles. The summed E-state index contributed by atoms with van der Waals surface area (Å²) in [4.78, 5) is 17.9. The number of ether oxygens (including phenoxy) is 1. The number of thiazole rings is 1. The van der Waals surface area contributed by atoms with E-state index in [2.05, 4.69) is 27.3 Å². The molecule has 3 rings (SSSR count). The summed E-state index contributed by atoms with van der Waals surface area (Å²) in [7, 11) is 0. The van der Waals surface area contributed by atoms with Crippen LogP contribution in [0.15, 0.2) is 30.5 Å². The SMILES string of the molecule is NC(=O)c1cnc(Nc2ccc(N3CCOCC3)cc2)s1. The average molecular weight is 304 g/mol. The minimum absolute atomic E-state index is 0.447. The summed E-state index contributed by atoms with van der Waals surface area (Å²) in [5.74, 6) is -0.455. The fraction of sp³-hybridized carbons (Fsp3) is 0.286. The van der Waals surface area contributed by atoms with Crippen molar-refractivity contribution >= 4 is 33.8 Å². The van der Waals surface area contributed by atoms with Crippen LogP contribution in [0.4, 0.5) is 16.5 Å². The van der Waals surface area contributed by atoms with Crippen molar-refractivity contribution in [3.63, 3.8) is 0 Å². The molecule has 1 aromatic carbocycles. The van der Waals surface area contributed by atoms with Crippen molar-refractivity contribution in [3.8, 4) is 0 Å². The van der Waals surface area contributed by atoms with Gasteiger partial charge in [0.2, 0.25) is 0 Å². The van der Waals surface area contributed by atoms with E-state index in [1.165, 1.54) is 23.2 Å². The largest absolute Gasteiger partial charge is 0.378 e. The summed E-state index contributed by atoms with van der Waals surface area (Å²) in [6.07, 6.45) is 1.48. The van der Waals surface area contributed by atoms with E-state index >= 15 is 0 Å². The van der Waals surface area contributed by atoms with Crippen molar-refractivity contribution in [1.82, 2.24) is 4.98 Å². The number of rotatable bonds is 4. The summed E-state index contributed by atoms with van der Waals surface area (Å²) in [5, 5.41) is 3.82. The molecular formula is C14H16N4O2S. The predicted octanol–water partition coefficient (Wildman–Crippen LogP) is 1.82. The van der Waals surface area contributed by atoms with Gasteiger partial charge in [0.1, 0.15) is 4.88 Å². The van der Waals surface area contributed by atoms with E-state index in [1.54, 1.807) is 0 Å². The van der Waals surface area contributed by atoms with Crippen LogP contribution in [0.2, 0.25) is 0 Å². The van der Waals surface area contributed by atoms with Crippen LogP contribution in [-0.4, -0.2) is 37.2 Å². The van der Waals surface area contributed by atoms with E-state index in [9.17, 15) is 4.79 Å². The number of hydrogen-bond acceptors (Lipinski definition) is 6. The highest BCUT2D eigenvalue weighted by atomic mass is 32.1. The Bertz CT molecular complexity index is 620. The molecule has 0 aliphatic carbocycles. The maximum absolute atomic E-state index is 11.0. The van der Waals surface area contributed by atoms with Gasteiger partial charge in [-0.3, -0.25) is 4.79 Å². The van der Waals surface area contributed by atoms with Gasteiger partial charge in [-0.05, 0) is 24.3 Å². The van der Waals surface area contributed by atoms with Crippen molar-refractivity contribution in [3.05, 3.63) is 35.3 Å². The van der Waals surface area contributed by atoms with Crippen LogP contribution >= 0.6 is 11.3 Å². The van der Waals surface area contributed by atoms with Crippen LogP contribution in [0.1, 0.15) is 9.67 Å². The second-order valence-corrected chi connectivity index (χ2v) is 5.70. The van der Waals surface area contributed by atoms with E-state index < -0.39 is 5.91 Å². The zero-order valence-corrected chi connectivity index (χ0v) is 12.2. The molecule has 21 heavy (non-hydrogen) atoms. The van der Waals surface area contributed by atoms with Crippen LogP contribution in [0, 0.1) is 0 Å². The maximum Gasteiger partial charge on any atom is 0.260 e. The van der Waals surface area contributed by atoms with Crippen molar-refractivity contribution in [2.24, 2.45) is 5.73 Å². The topological polar surface area (TPSA) is 80.5 Å². The third-order valence-electron chi connectivity index (χ3n) is 3.24. The number of carbonyl (C=O) groups excluding carboxylic acids is 1. The first-order valence-electron chi connectivity index (χ1n) is 6.68. The Balaban J connectivity index is 1.67. The molecule has 2 aromatic rings. The summed E-state index contributed by atoms with van der Waals surface area (Å²) in [5.41, 5.74) is 7.32. The number of morpholine rings is 1. The number of nitrogens with zero attached hydrogens (tertiary/aromatic N) is 2. The second kappa shape index (κ2) is 6.11. The van der Waals surface area contributed by atoms with E-state index in [0.29, 0.717) is 10.0 Å². The molecule has 2 heterocycles. The second-order valence-electron chi connectivity index (χ2n) is 4.67. The lowest BCUT2D eigenvalue weighted by atomic mass is 10.2. The quantitative estimate of drug-likeness (QED) is 0.900. The summed E-state index contributed by atoms with van der Waals surface area (Å²) < 4.78 is 5.35. The third kappa shape index (κ3) is 3.32. The van der Waals surface area contributed by atoms with Gasteiger partial charge in [0.05, 0.1) is 19.4 Å². The third-order valence-corrected chi connectivity index (χ3v) is 4.17. The fourth-order valence-electron chi connectivity index (χ4n) is 2.15. The summed E-state index contributed by atoms with van der Waals surface area (Å²) in [6.45, 7) is 3.38. The van der Waals surface area contributed by atoms with Crippen LogP contribution in [-0.2, 0) is 4.74 Å². The molecule has 1 aliphatic heterocycles. The van der Waals surface area contributed by atoms with Gasteiger partial charge in [-0.25, -0.2) is 4.98 Å². The smallest absolute Gasteiger partial charge is 0.260 e. The minimum atomic E-state index is -0.455. The number of nitrogens with one attached hydrogen (secondary N) is 1. The maximum atomic E-state index is 11.0. The highest BCUT2D eigenvalue weighted by molar-refractivity contribution is 7.17. The first-order chi connectivity index (χ1) is 10.2. The first kappa shape index (κ1) is 13.8. The number of amides is 1. The van der Waals surface area contributed by atoms with Gasteiger partial charge in [0, 0.05) is 24.5 Å². The zero-order chi connectivity index (χ0) is 14.7. The van der Waals surface area contributed by atoms with Gasteiger partial charge in [-0.15, -0.1) is 0 Å². The molecule has 1 aliphatic rings. The monoisotopic (exact) mass is 304 g/mol. The molecule has 1 aromatic heterocycles. The van der Waals surface area contributed by atoms with Crippen molar-refractivity contribution in [2.45, 2.75) is 0 Å². The number of anilines is 3. The molecule has 0 spiro atoms. The van der Waals surface area contributed by atoms with Crippen molar-refractivity contribution in [1.29, 1.82) is 0 Å². The zero-order valence-electron chi connectivity index (χ0n) is 11.4. The lowest BCUT2D eigenvalue weighted by Gasteiger charge is -2.28. The molecule has 0 saturated carbocycles. The Morgan fingerprint density at radius 1 is 1.29 bits per heavy atom. The number of carbonyl (C=O) groups is 1. The molecule has 0 unspecified atom stereocenters. The highest BCUT2D eigenvalue weighted by Gasteiger charge is 2.11. The summed E-state index contributed by atoms with van der Waals surface area (Å²) >= 11 is 1.24. The van der Waals surface area contributed by atoms with Crippen LogP contribution in [0.5, 0.6) is 0 Å². The van der Waals surface area contributed by atoms with E-state index in [-0.39, 0.29) is 0 Å². The van der Waals surface area contributed by atoms with Crippen molar-refractivity contribution in [2.75, 3.05) is 36.5 Å². The minimum Gasteiger partial charge on any atom is -0.378 e. The normalized spacial score (nSPS) is 15.0. The van der Waals surface area contributed by atoms with E-state index in [4.69, 9.17) is 10.5 Å². The molecule has 7 heteroatoms. The standard InChI is InChI=1S/C14H16N4O2S/c15-13(19)12-9-16-14(21-12)17-10-1-3-11(4-2-10)18-5-7-20-8-6-18/h1-4,9H,5-8H2,(H2,15,19)(H,16,17). The lowest BCUT2D eigenvalue weighted by Crippen LogP contribution is -2.36. The molecule has 0 atom stereocenters. The molecule has 6 nitrogen and oxygen atoms in total. The van der Waals surface area contributed by atoms with Crippen LogP contribution < -0.4 is 16.0 Å². The predicted molar refractivity (Wildman–Crippen MR) is 83.4 cm³/mol. The van der Waals surface area contributed by atoms with E-state index in [1.807, 2.05) is 12.1 Å². The Labute approximate surface area is 126 Å². The Kier molecular flexibility index (Phi) is 4.03. The van der Waals surface area contributed by atoms with Gasteiger partial charge in [-0.1, -0.05) is 11.3 Å². The molecule has 0 bridgehead atoms. The molecule has 3 N–H and O–H groups in total. The number of aromatic nitrogens is 1. The highest BCUT2D eigenvalue weighted by Crippen LogP contribution is 2.24. The molecule has 1 amide bonds. The Hall–Kier alpha value is -2.12. The Morgan fingerprint density at radius 2 is 2.00 bits per heavy atom. The Morgan fingerprint density at radius 3 is 2.62 bits per heavy atom. The molecule has 0 radical (unpaired) electrons. The van der Waals surface area contributed by atoms with Gasteiger partial charge in [0.25, 0.3) is 5.91 Å². The van der Waals surface area contributed by atoms with Gasteiger partial charge < -0.3 is 20.7 Å². The number of benzene rings is 1. The van der Waals surface area contributed by atoms with Gasteiger partial charge in [-0.2, -0.15) is 0 Å². The van der Waals surface area contributed by atoms with Crippen molar-refractivity contribution < 1.29 is 9.53 Å². The molecule has 110 valence electrons. The number of nitrogens with two attached hydrogens (primary N) is 1. The first-order valence-corrected chi connectivity index (χ1v) is 7.49. The number of primary amides is 1.